The number of benzene rings is 1. The molecule has 0 aromatic heterocycles. The number of para-hydroxylation sites is 2. The van der Waals surface area contributed by atoms with Crippen molar-refractivity contribution in [1.29, 1.82) is 0 Å². The first-order valence-corrected chi connectivity index (χ1v) is 9.93. The van der Waals surface area contributed by atoms with Crippen molar-refractivity contribution in [3.63, 3.8) is 0 Å². The van der Waals surface area contributed by atoms with E-state index in [-0.39, 0.29) is 0 Å². The lowest BCUT2D eigenvalue weighted by Crippen LogP contribution is -2.45. The number of nitrogens with zero attached hydrogens (tertiary/aromatic N) is 2. The van der Waals surface area contributed by atoms with Crippen LogP contribution in [0.25, 0.3) is 0 Å². The molecule has 1 saturated carbocycles. The summed E-state index contributed by atoms with van der Waals surface area (Å²) in [6.45, 7) is 4.32. The highest BCUT2D eigenvalue weighted by Crippen LogP contribution is 2.35. The van der Waals surface area contributed by atoms with Crippen LogP contribution in [-0.4, -0.2) is 47.4 Å². The molecule has 1 aromatic rings. The van der Waals surface area contributed by atoms with Crippen molar-refractivity contribution >= 4 is 21.4 Å². The van der Waals surface area contributed by atoms with Crippen molar-refractivity contribution in [2.45, 2.75) is 19.3 Å². The van der Waals surface area contributed by atoms with Crippen LogP contribution >= 0.6 is 0 Å². The largest absolute Gasteiger partial charge is 0.367 e. The molecule has 3 rings (SSSR count). The van der Waals surface area contributed by atoms with Gasteiger partial charge in [-0.2, -0.15) is 0 Å². The Hall–Kier alpha value is -1.27. The Morgan fingerprint density at radius 3 is 2.50 bits per heavy atom. The van der Waals surface area contributed by atoms with Gasteiger partial charge in [-0.3, -0.25) is 4.31 Å². The van der Waals surface area contributed by atoms with Crippen LogP contribution in [0.5, 0.6) is 0 Å². The number of hydrogen-bond donors (Lipinski definition) is 1. The molecule has 0 bridgehead atoms. The number of sulfonamides is 1. The predicted molar refractivity (Wildman–Crippen MR) is 91.1 cm³/mol. The maximum Gasteiger partial charge on any atom is 0.232 e. The second kappa shape index (κ2) is 6.46. The van der Waals surface area contributed by atoms with Gasteiger partial charge in [-0.1, -0.05) is 18.6 Å². The van der Waals surface area contributed by atoms with Gasteiger partial charge in [0.1, 0.15) is 0 Å². The molecular weight excluding hydrogens is 298 g/mol. The van der Waals surface area contributed by atoms with Gasteiger partial charge < -0.3 is 10.2 Å². The molecule has 1 aliphatic carbocycles. The molecule has 0 unspecified atom stereocenters. The van der Waals surface area contributed by atoms with E-state index in [0.717, 1.165) is 50.4 Å². The molecule has 1 aromatic carbocycles. The van der Waals surface area contributed by atoms with Crippen LogP contribution in [0.3, 0.4) is 0 Å². The minimum absolute atomic E-state index is 0.505. The first-order chi connectivity index (χ1) is 10.6. The van der Waals surface area contributed by atoms with Gasteiger partial charge in [0.15, 0.2) is 0 Å². The Balaban J connectivity index is 1.92. The topological polar surface area (TPSA) is 52.7 Å². The van der Waals surface area contributed by atoms with Gasteiger partial charge in [-0.25, -0.2) is 8.42 Å². The lowest BCUT2D eigenvalue weighted by molar-refractivity contribution is 0.326. The molecule has 5 nitrogen and oxygen atoms in total. The zero-order chi connectivity index (χ0) is 15.6. The molecule has 2 fully saturated rings. The number of hydrogen-bond acceptors (Lipinski definition) is 4. The molecule has 6 heteroatoms. The number of piperazine rings is 1. The summed E-state index contributed by atoms with van der Waals surface area (Å²) in [5.41, 5.74) is 1.87. The van der Waals surface area contributed by atoms with E-state index in [2.05, 4.69) is 10.2 Å². The SMILES string of the molecule is CS(=O)(=O)N(CC1CCC1)c1ccccc1N1CCNCC1. The zero-order valence-corrected chi connectivity index (χ0v) is 14.0. The summed E-state index contributed by atoms with van der Waals surface area (Å²) >= 11 is 0. The molecule has 1 heterocycles. The molecule has 2 aliphatic rings. The van der Waals surface area contributed by atoms with Crippen molar-refractivity contribution in [2.24, 2.45) is 5.92 Å². The van der Waals surface area contributed by atoms with Crippen molar-refractivity contribution in [1.82, 2.24) is 5.32 Å². The Morgan fingerprint density at radius 1 is 1.23 bits per heavy atom. The quantitative estimate of drug-likeness (QED) is 0.895. The second-order valence-corrected chi connectivity index (χ2v) is 8.22. The molecule has 0 atom stereocenters. The Morgan fingerprint density at radius 2 is 1.91 bits per heavy atom. The van der Waals surface area contributed by atoms with Crippen LogP contribution in [0.15, 0.2) is 24.3 Å². The van der Waals surface area contributed by atoms with Crippen LogP contribution in [0.1, 0.15) is 19.3 Å². The van der Waals surface area contributed by atoms with Gasteiger partial charge in [0.2, 0.25) is 10.0 Å². The smallest absolute Gasteiger partial charge is 0.232 e. The van der Waals surface area contributed by atoms with Crippen LogP contribution < -0.4 is 14.5 Å². The minimum atomic E-state index is -3.26. The highest BCUT2D eigenvalue weighted by molar-refractivity contribution is 7.92. The van der Waals surface area contributed by atoms with Crippen molar-refractivity contribution in [3.05, 3.63) is 24.3 Å². The lowest BCUT2D eigenvalue weighted by atomic mass is 9.85. The summed E-state index contributed by atoms with van der Waals surface area (Å²) in [4.78, 5) is 2.28. The van der Waals surface area contributed by atoms with Crippen molar-refractivity contribution in [2.75, 3.05) is 48.2 Å². The van der Waals surface area contributed by atoms with E-state index in [4.69, 9.17) is 0 Å². The maximum atomic E-state index is 12.3. The maximum absolute atomic E-state index is 12.3. The molecular formula is C16H25N3O2S. The summed E-state index contributed by atoms with van der Waals surface area (Å²) in [6.07, 6.45) is 4.82. The van der Waals surface area contributed by atoms with Gasteiger partial charge in [-0.15, -0.1) is 0 Å². The Labute approximate surface area is 133 Å². The van der Waals surface area contributed by atoms with E-state index in [1.54, 1.807) is 4.31 Å². The molecule has 0 spiro atoms. The predicted octanol–water partition coefficient (Wildman–Crippen LogP) is 1.66. The Kier molecular flexibility index (Phi) is 4.59. The molecule has 22 heavy (non-hydrogen) atoms. The first-order valence-electron chi connectivity index (χ1n) is 8.08. The van der Waals surface area contributed by atoms with Crippen LogP contribution in [-0.2, 0) is 10.0 Å². The van der Waals surface area contributed by atoms with E-state index in [0.29, 0.717) is 12.5 Å². The van der Waals surface area contributed by atoms with Gasteiger partial charge >= 0.3 is 0 Å². The first kappa shape index (κ1) is 15.6. The highest BCUT2D eigenvalue weighted by atomic mass is 32.2. The third-order valence-electron chi connectivity index (χ3n) is 4.66. The summed E-state index contributed by atoms with van der Waals surface area (Å²) in [6, 6.07) is 7.90. The fourth-order valence-corrected chi connectivity index (χ4v) is 4.16. The third-order valence-corrected chi connectivity index (χ3v) is 5.80. The molecule has 0 radical (unpaired) electrons. The fraction of sp³-hybridized carbons (Fsp3) is 0.625. The second-order valence-electron chi connectivity index (χ2n) is 6.32. The van der Waals surface area contributed by atoms with E-state index >= 15 is 0 Å². The monoisotopic (exact) mass is 323 g/mol. The number of rotatable bonds is 5. The summed E-state index contributed by atoms with van der Waals surface area (Å²) in [5, 5.41) is 3.34. The standard InChI is InChI=1S/C16H25N3O2S/c1-22(20,21)19(13-14-5-4-6-14)16-8-3-2-7-15(16)18-11-9-17-10-12-18/h2-3,7-8,14,17H,4-6,9-13H2,1H3. The average Bonchev–Trinajstić information content (AvgIpc) is 2.46. The summed E-state index contributed by atoms with van der Waals surface area (Å²) in [5.74, 6) is 0.505. The molecule has 0 amide bonds. The van der Waals surface area contributed by atoms with Gasteiger partial charge in [-0.05, 0) is 30.9 Å². The van der Waals surface area contributed by atoms with E-state index in [9.17, 15) is 8.42 Å². The van der Waals surface area contributed by atoms with Crippen LogP contribution in [0, 0.1) is 5.92 Å². The zero-order valence-electron chi connectivity index (χ0n) is 13.2. The van der Waals surface area contributed by atoms with Crippen LogP contribution in [0.2, 0.25) is 0 Å². The third kappa shape index (κ3) is 3.38. The summed E-state index contributed by atoms with van der Waals surface area (Å²) < 4.78 is 26.3. The number of anilines is 2. The fourth-order valence-electron chi connectivity index (χ4n) is 3.17. The summed E-state index contributed by atoms with van der Waals surface area (Å²) in [7, 11) is -3.26. The average molecular weight is 323 g/mol. The van der Waals surface area contributed by atoms with Crippen molar-refractivity contribution in [3.8, 4) is 0 Å². The lowest BCUT2D eigenvalue weighted by Gasteiger charge is -2.36. The normalized spacial score (nSPS) is 19.8. The molecule has 1 saturated heterocycles. The number of nitrogens with one attached hydrogen (secondary N) is 1. The van der Waals surface area contributed by atoms with Crippen molar-refractivity contribution < 1.29 is 8.42 Å². The van der Waals surface area contributed by atoms with Gasteiger partial charge in [0.05, 0.1) is 17.6 Å². The Bertz CT molecular complexity index is 608. The molecule has 1 N–H and O–H groups in total. The highest BCUT2D eigenvalue weighted by Gasteiger charge is 2.28. The minimum Gasteiger partial charge on any atom is -0.367 e. The van der Waals surface area contributed by atoms with Gasteiger partial charge in [0.25, 0.3) is 0 Å². The van der Waals surface area contributed by atoms with E-state index in [1.165, 1.54) is 12.7 Å². The van der Waals surface area contributed by atoms with Crippen LogP contribution in [0.4, 0.5) is 11.4 Å². The van der Waals surface area contributed by atoms with E-state index < -0.39 is 10.0 Å². The molecule has 122 valence electrons. The molecule has 1 aliphatic heterocycles. The van der Waals surface area contributed by atoms with Gasteiger partial charge in [0, 0.05) is 32.7 Å². The van der Waals surface area contributed by atoms with E-state index in [1.807, 2.05) is 24.3 Å².